The van der Waals surface area contributed by atoms with Crippen LogP contribution in [0.4, 0.5) is 4.79 Å². The van der Waals surface area contributed by atoms with Gasteiger partial charge in [0.2, 0.25) is 0 Å². The largest absolute Gasteiger partial charge is 0.336 e. The van der Waals surface area contributed by atoms with Gasteiger partial charge < -0.3 is 20.4 Å². The van der Waals surface area contributed by atoms with Gasteiger partial charge in [-0.25, -0.2) is 4.79 Å². The first kappa shape index (κ1) is 18.0. The van der Waals surface area contributed by atoms with Crippen molar-refractivity contribution in [2.75, 3.05) is 26.2 Å². The molecular formula is C22H30N4O2. The highest BCUT2D eigenvalue weighted by Crippen LogP contribution is 2.29. The third-order valence-corrected chi connectivity index (χ3v) is 7.06. The summed E-state index contributed by atoms with van der Waals surface area (Å²) in [6.07, 6.45) is 7.60. The molecule has 3 fully saturated rings. The molecule has 1 aromatic carbocycles. The molecule has 0 bridgehead atoms. The van der Waals surface area contributed by atoms with Crippen LogP contribution >= 0.6 is 0 Å². The molecule has 0 aromatic heterocycles. The molecule has 4 aliphatic rings. The Morgan fingerprint density at radius 2 is 1.82 bits per heavy atom. The smallest absolute Gasteiger partial charge is 0.318 e. The number of piperidine rings is 2. The molecule has 3 aliphatic heterocycles. The third kappa shape index (κ3) is 3.17. The number of hydrogen-bond acceptors (Lipinski definition) is 3. The number of hydrogen-bond donors (Lipinski definition) is 2. The van der Waals surface area contributed by atoms with Crippen LogP contribution in [0, 0.1) is 0 Å². The van der Waals surface area contributed by atoms with Crippen molar-refractivity contribution in [2.24, 2.45) is 0 Å². The fourth-order valence-corrected chi connectivity index (χ4v) is 5.55. The number of likely N-dealkylation sites (tertiary alicyclic amines) is 1. The van der Waals surface area contributed by atoms with Gasteiger partial charge in [-0.15, -0.1) is 0 Å². The zero-order valence-electron chi connectivity index (χ0n) is 16.5. The van der Waals surface area contributed by atoms with Crippen molar-refractivity contribution in [1.29, 1.82) is 0 Å². The van der Waals surface area contributed by atoms with E-state index < -0.39 is 0 Å². The summed E-state index contributed by atoms with van der Waals surface area (Å²) in [6, 6.07) is 6.92. The van der Waals surface area contributed by atoms with Crippen LogP contribution in [-0.2, 0) is 12.8 Å². The molecule has 2 unspecified atom stereocenters. The van der Waals surface area contributed by atoms with Crippen LogP contribution in [0.5, 0.6) is 0 Å². The van der Waals surface area contributed by atoms with Gasteiger partial charge in [-0.2, -0.15) is 0 Å². The number of benzene rings is 1. The molecule has 5 rings (SSSR count). The minimum atomic E-state index is 0.0534. The van der Waals surface area contributed by atoms with Crippen LogP contribution < -0.4 is 10.6 Å². The second-order valence-electron chi connectivity index (χ2n) is 8.74. The number of carbonyl (C=O) groups is 2. The normalized spacial score (nSPS) is 27.9. The topological polar surface area (TPSA) is 64.7 Å². The van der Waals surface area contributed by atoms with Crippen molar-refractivity contribution < 1.29 is 9.59 Å². The molecule has 0 saturated carbocycles. The summed E-state index contributed by atoms with van der Waals surface area (Å²) in [7, 11) is 0. The Hall–Kier alpha value is -2.08. The molecule has 3 saturated heterocycles. The molecule has 0 radical (unpaired) electrons. The Kier molecular flexibility index (Phi) is 4.75. The second-order valence-corrected chi connectivity index (χ2v) is 8.74. The van der Waals surface area contributed by atoms with Gasteiger partial charge in [0.05, 0.1) is 12.1 Å². The second kappa shape index (κ2) is 7.39. The van der Waals surface area contributed by atoms with E-state index in [-0.39, 0.29) is 24.0 Å². The number of fused-ring (bicyclic) bond motifs is 2. The Labute approximate surface area is 166 Å². The fourth-order valence-electron chi connectivity index (χ4n) is 5.55. The van der Waals surface area contributed by atoms with E-state index in [9.17, 15) is 9.59 Å². The first-order chi connectivity index (χ1) is 13.7. The number of aryl methyl sites for hydroxylation is 2. The maximum absolute atomic E-state index is 13.1. The summed E-state index contributed by atoms with van der Waals surface area (Å²) >= 11 is 0. The molecule has 28 heavy (non-hydrogen) atoms. The minimum absolute atomic E-state index is 0.0534. The van der Waals surface area contributed by atoms with Crippen molar-refractivity contribution in [1.82, 2.24) is 20.4 Å². The molecule has 3 heterocycles. The zero-order valence-corrected chi connectivity index (χ0v) is 16.5. The average Bonchev–Trinajstić information content (AvgIpc) is 3.08. The van der Waals surface area contributed by atoms with Crippen molar-refractivity contribution in [3.63, 3.8) is 0 Å². The van der Waals surface area contributed by atoms with Gasteiger partial charge in [0.25, 0.3) is 5.91 Å². The molecule has 3 amide bonds. The van der Waals surface area contributed by atoms with Crippen LogP contribution in [0.25, 0.3) is 0 Å². The molecule has 1 aliphatic carbocycles. The maximum atomic E-state index is 13.1. The monoisotopic (exact) mass is 382 g/mol. The summed E-state index contributed by atoms with van der Waals surface area (Å²) in [6.45, 7) is 3.31. The molecule has 6 heteroatoms. The summed E-state index contributed by atoms with van der Waals surface area (Å²) in [5, 5.41) is 6.54. The quantitative estimate of drug-likeness (QED) is 0.821. The van der Waals surface area contributed by atoms with E-state index in [1.165, 1.54) is 24.0 Å². The number of nitrogens with zero attached hydrogens (tertiary/aromatic N) is 2. The van der Waals surface area contributed by atoms with Crippen LogP contribution in [0.3, 0.4) is 0 Å². The lowest BCUT2D eigenvalue weighted by Crippen LogP contribution is -2.55. The Bertz CT molecular complexity index is 774. The van der Waals surface area contributed by atoms with Gasteiger partial charge in [0, 0.05) is 24.7 Å². The molecule has 0 spiro atoms. The standard InChI is InChI=1S/C22H30N4O2/c27-21(17-6-5-15-3-1-2-4-16(15)13-17)25-12-9-20-19(14-25)24-22(28)26(20)18-7-10-23-11-8-18/h5-6,13,18-20,23H,1-4,7-12,14H2,(H,24,28). The highest BCUT2D eigenvalue weighted by molar-refractivity contribution is 5.94. The Morgan fingerprint density at radius 1 is 1.04 bits per heavy atom. The Balaban J connectivity index is 1.28. The number of rotatable bonds is 2. The summed E-state index contributed by atoms with van der Waals surface area (Å²) in [5.74, 6) is 0.112. The Morgan fingerprint density at radius 3 is 2.64 bits per heavy atom. The van der Waals surface area contributed by atoms with E-state index in [0.29, 0.717) is 12.6 Å². The lowest BCUT2D eigenvalue weighted by Gasteiger charge is -2.40. The molecule has 2 N–H and O–H groups in total. The number of urea groups is 1. The highest BCUT2D eigenvalue weighted by atomic mass is 16.2. The van der Waals surface area contributed by atoms with Crippen molar-refractivity contribution in [2.45, 2.75) is 63.1 Å². The predicted molar refractivity (Wildman–Crippen MR) is 107 cm³/mol. The van der Waals surface area contributed by atoms with Crippen LogP contribution in [0.15, 0.2) is 18.2 Å². The lowest BCUT2D eigenvalue weighted by atomic mass is 9.90. The van der Waals surface area contributed by atoms with E-state index in [2.05, 4.69) is 27.7 Å². The van der Waals surface area contributed by atoms with E-state index in [0.717, 1.165) is 57.3 Å². The summed E-state index contributed by atoms with van der Waals surface area (Å²) in [4.78, 5) is 29.8. The molecule has 6 nitrogen and oxygen atoms in total. The highest BCUT2D eigenvalue weighted by Gasteiger charge is 2.46. The third-order valence-electron chi connectivity index (χ3n) is 7.06. The molecule has 150 valence electrons. The van der Waals surface area contributed by atoms with Gasteiger partial charge in [-0.1, -0.05) is 6.07 Å². The summed E-state index contributed by atoms with van der Waals surface area (Å²) in [5.41, 5.74) is 3.55. The number of carbonyl (C=O) groups excluding carboxylic acids is 2. The van der Waals surface area contributed by atoms with Gasteiger partial charge in [0.1, 0.15) is 0 Å². The lowest BCUT2D eigenvalue weighted by molar-refractivity contribution is 0.0623. The SMILES string of the molecule is O=C(c1ccc2c(c1)CCCC2)N1CCC2C(C1)NC(=O)N2C1CCNCC1. The number of amides is 3. The zero-order chi connectivity index (χ0) is 19.1. The maximum Gasteiger partial charge on any atom is 0.318 e. The minimum Gasteiger partial charge on any atom is -0.336 e. The van der Waals surface area contributed by atoms with Crippen LogP contribution in [0.2, 0.25) is 0 Å². The van der Waals surface area contributed by atoms with E-state index in [1.54, 1.807) is 0 Å². The fraction of sp³-hybridized carbons (Fsp3) is 0.636. The summed E-state index contributed by atoms with van der Waals surface area (Å²) < 4.78 is 0. The van der Waals surface area contributed by atoms with Crippen molar-refractivity contribution in [3.05, 3.63) is 34.9 Å². The van der Waals surface area contributed by atoms with Gasteiger partial charge in [-0.05, 0) is 81.3 Å². The first-order valence-corrected chi connectivity index (χ1v) is 10.9. The van der Waals surface area contributed by atoms with Crippen molar-refractivity contribution in [3.8, 4) is 0 Å². The molecule has 1 aromatic rings. The molecule has 2 atom stereocenters. The van der Waals surface area contributed by atoms with E-state index in [1.807, 2.05) is 11.0 Å². The van der Waals surface area contributed by atoms with Crippen molar-refractivity contribution >= 4 is 11.9 Å². The van der Waals surface area contributed by atoms with Gasteiger partial charge in [-0.3, -0.25) is 4.79 Å². The first-order valence-electron chi connectivity index (χ1n) is 10.9. The number of nitrogens with one attached hydrogen (secondary N) is 2. The van der Waals surface area contributed by atoms with Gasteiger partial charge in [0.15, 0.2) is 0 Å². The average molecular weight is 383 g/mol. The van der Waals surface area contributed by atoms with Gasteiger partial charge >= 0.3 is 6.03 Å². The molecular weight excluding hydrogens is 352 g/mol. The van der Waals surface area contributed by atoms with E-state index in [4.69, 9.17) is 0 Å². The predicted octanol–water partition coefficient (Wildman–Crippen LogP) is 1.93. The van der Waals surface area contributed by atoms with Crippen LogP contribution in [-0.4, -0.2) is 66.0 Å². The van der Waals surface area contributed by atoms with E-state index >= 15 is 0 Å². The van der Waals surface area contributed by atoms with Crippen LogP contribution in [0.1, 0.15) is 53.6 Å².